The van der Waals surface area contributed by atoms with Gasteiger partial charge in [-0.15, -0.1) is 0 Å². The molecule has 0 aliphatic heterocycles. The van der Waals surface area contributed by atoms with E-state index in [2.05, 4.69) is 4.74 Å². The molecule has 0 aromatic carbocycles. The quantitative estimate of drug-likeness (QED) is 0.317. The SMILES string of the molecule is N[C@@H](C=O)[C@@H](OC(=O)C(F)(F)F)[C@H](O)[C@H](O)CO. The minimum absolute atomic E-state index is 0.0678. The number of aldehydes is 1. The first-order valence-electron chi connectivity index (χ1n) is 4.60. The first-order chi connectivity index (χ1) is 8.15. The van der Waals surface area contributed by atoms with Gasteiger partial charge in [0.15, 0.2) is 6.10 Å². The summed E-state index contributed by atoms with van der Waals surface area (Å²) in [7, 11) is 0. The van der Waals surface area contributed by atoms with E-state index >= 15 is 0 Å². The third kappa shape index (κ3) is 4.56. The molecule has 0 unspecified atom stereocenters. The molecule has 0 bridgehead atoms. The van der Waals surface area contributed by atoms with Crippen LogP contribution in [0.25, 0.3) is 0 Å². The average molecular weight is 275 g/mol. The predicted octanol–water partition coefficient (Wildman–Crippen LogP) is -2.30. The third-order valence-electron chi connectivity index (χ3n) is 1.93. The molecule has 4 atom stereocenters. The first kappa shape index (κ1) is 16.8. The van der Waals surface area contributed by atoms with Gasteiger partial charge in [0, 0.05) is 0 Å². The number of esters is 1. The molecule has 0 heterocycles. The van der Waals surface area contributed by atoms with E-state index in [4.69, 9.17) is 15.9 Å². The van der Waals surface area contributed by atoms with E-state index in [1.165, 1.54) is 0 Å². The number of carbonyl (C=O) groups is 2. The van der Waals surface area contributed by atoms with Crippen molar-refractivity contribution in [2.45, 2.75) is 30.5 Å². The maximum absolute atomic E-state index is 11.9. The number of aliphatic hydroxyl groups excluding tert-OH is 3. The fourth-order valence-corrected chi connectivity index (χ4v) is 0.971. The molecule has 0 spiro atoms. The Labute approximate surface area is 98.9 Å². The van der Waals surface area contributed by atoms with Crippen LogP contribution in [0.3, 0.4) is 0 Å². The smallest absolute Gasteiger partial charge is 0.451 e. The first-order valence-corrected chi connectivity index (χ1v) is 4.60. The highest BCUT2D eigenvalue weighted by molar-refractivity contribution is 5.76. The van der Waals surface area contributed by atoms with Gasteiger partial charge < -0.3 is 30.6 Å². The number of nitrogens with two attached hydrogens (primary N) is 1. The normalized spacial score (nSPS) is 18.6. The molecule has 18 heavy (non-hydrogen) atoms. The zero-order valence-corrected chi connectivity index (χ0v) is 8.87. The fourth-order valence-electron chi connectivity index (χ4n) is 0.971. The van der Waals surface area contributed by atoms with Crippen LogP contribution < -0.4 is 5.73 Å². The van der Waals surface area contributed by atoms with Gasteiger partial charge in [-0.05, 0) is 0 Å². The third-order valence-corrected chi connectivity index (χ3v) is 1.93. The van der Waals surface area contributed by atoms with Crippen molar-refractivity contribution in [3.05, 3.63) is 0 Å². The predicted molar refractivity (Wildman–Crippen MR) is 49.1 cm³/mol. The molecule has 7 nitrogen and oxygen atoms in total. The van der Waals surface area contributed by atoms with Gasteiger partial charge >= 0.3 is 12.1 Å². The van der Waals surface area contributed by atoms with Gasteiger partial charge in [0.25, 0.3) is 0 Å². The van der Waals surface area contributed by atoms with Crippen molar-refractivity contribution in [3.8, 4) is 0 Å². The second kappa shape index (κ2) is 6.64. The van der Waals surface area contributed by atoms with Gasteiger partial charge in [0.1, 0.15) is 24.5 Å². The topological polar surface area (TPSA) is 130 Å². The lowest BCUT2D eigenvalue weighted by atomic mass is 10.0. The van der Waals surface area contributed by atoms with Crippen LogP contribution >= 0.6 is 0 Å². The molecule has 0 radical (unpaired) electrons. The second-order valence-electron chi connectivity index (χ2n) is 3.32. The zero-order chi connectivity index (χ0) is 14.5. The number of halogens is 3. The Kier molecular flexibility index (Phi) is 6.18. The van der Waals surface area contributed by atoms with Gasteiger partial charge in [0.2, 0.25) is 0 Å². The van der Waals surface area contributed by atoms with E-state index in [0.29, 0.717) is 0 Å². The Morgan fingerprint density at radius 3 is 2.22 bits per heavy atom. The summed E-state index contributed by atoms with van der Waals surface area (Å²) in [6.45, 7) is -1.02. The molecule has 0 saturated heterocycles. The summed E-state index contributed by atoms with van der Waals surface area (Å²) in [5.41, 5.74) is 5.04. The number of carbonyl (C=O) groups excluding carboxylic acids is 2. The van der Waals surface area contributed by atoms with E-state index in [9.17, 15) is 27.9 Å². The molecule has 0 aliphatic carbocycles. The largest absolute Gasteiger partial charge is 0.490 e. The highest BCUT2D eigenvalue weighted by Crippen LogP contribution is 2.19. The van der Waals surface area contributed by atoms with Crippen molar-refractivity contribution in [2.75, 3.05) is 6.61 Å². The molecular formula is C8H12F3NO6. The highest BCUT2D eigenvalue weighted by Gasteiger charge is 2.45. The molecule has 10 heteroatoms. The Morgan fingerprint density at radius 1 is 1.39 bits per heavy atom. The maximum Gasteiger partial charge on any atom is 0.490 e. The van der Waals surface area contributed by atoms with E-state index in [1.807, 2.05) is 0 Å². The minimum Gasteiger partial charge on any atom is -0.451 e. The molecule has 5 N–H and O–H groups in total. The summed E-state index contributed by atoms with van der Waals surface area (Å²) >= 11 is 0. The summed E-state index contributed by atoms with van der Waals surface area (Å²) < 4.78 is 39.6. The van der Waals surface area contributed by atoms with Crippen molar-refractivity contribution in [3.63, 3.8) is 0 Å². The Balaban J connectivity index is 4.91. The van der Waals surface area contributed by atoms with Crippen LogP contribution in [0.15, 0.2) is 0 Å². The lowest BCUT2D eigenvalue weighted by Crippen LogP contribution is -2.53. The van der Waals surface area contributed by atoms with Crippen molar-refractivity contribution in [1.29, 1.82) is 0 Å². The average Bonchev–Trinajstić information content (AvgIpc) is 2.31. The molecule has 0 rings (SSSR count). The van der Waals surface area contributed by atoms with E-state index in [1.54, 1.807) is 0 Å². The van der Waals surface area contributed by atoms with Gasteiger partial charge in [-0.1, -0.05) is 0 Å². The Morgan fingerprint density at radius 2 is 1.89 bits per heavy atom. The second-order valence-corrected chi connectivity index (χ2v) is 3.32. The minimum atomic E-state index is -5.34. The van der Waals surface area contributed by atoms with Gasteiger partial charge in [-0.25, -0.2) is 4.79 Å². The van der Waals surface area contributed by atoms with Crippen molar-refractivity contribution in [1.82, 2.24) is 0 Å². The van der Waals surface area contributed by atoms with Crippen molar-refractivity contribution < 1.29 is 42.8 Å². The molecule has 0 aromatic rings. The lowest BCUT2D eigenvalue weighted by Gasteiger charge is -2.27. The van der Waals surface area contributed by atoms with E-state index in [-0.39, 0.29) is 6.29 Å². The van der Waals surface area contributed by atoms with Crippen LogP contribution in [0.1, 0.15) is 0 Å². The fraction of sp³-hybridized carbons (Fsp3) is 0.750. The molecule has 106 valence electrons. The monoisotopic (exact) mass is 275 g/mol. The molecule has 0 aromatic heterocycles. The van der Waals surface area contributed by atoms with Crippen molar-refractivity contribution in [2.24, 2.45) is 5.73 Å². The standard InChI is InChI=1S/C8H12F3NO6/c9-8(10,11)7(17)18-6(3(12)1-13)5(16)4(15)2-14/h1,3-6,14-16H,2,12H2/t3-,4+,5+,6+/m0/s1. The number of ether oxygens (including phenoxy) is 1. The van der Waals surface area contributed by atoms with Gasteiger partial charge in [0.05, 0.1) is 6.61 Å². The Hall–Kier alpha value is -1.23. The highest BCUT2D eigenvalue weighted by atomic mass is 19.4. The lowest BCUT2D eigenvalue weighted by molar-refractivity contribution is -0.213. The molecule has 0 aliphatic rings. The summed E-state index contributed by atoms with van der Waals surface area (Å²) in [6.07, 6.45) is -11.6. The van der Waals surface area contributed by atoms with Crippen LogP contribution in [0.4, 0.5) is 13.2 Å². The molecular weight excluding hydrogens is 263 g/mol. The summed E-state index contributed by atoms with van der Waals surface area (Å²) in [5.74, 6) is -2.67. The summed E-state index contributed by atoms with van der Waals surface area (Å²) in [5, 5.41) is 26.8. The number of alkyl halides is 3. The Bertz CT molecular complexity index is 297. The summed E-state index contributed by atoms with van der Waals surface area (Å²) in [6, 6.07) is -1.78. The molecule has 0 fully saturated rings. The van der Waals surface area contributed by atoms with Crippen LogP contribution in [-0.2, 0) is 14.3 Å². The number of rotatable bonds is 6. The maximum atomic E-state index is 11.9. The number of aliphatic hydroxyl groups is 3. The number of hydrogen-bond acceptors (Lipinski definition) is 7. The van der Waals surface area contributed by atoms with Gasteiger partial charge in [-0.3, -0.25) is 0 Å². The van der Waals surface area contributed by atoms with Gasteiger partial charge in [-0.2, -0.15) is 13.2 Å². The van der Waals surface area contributed by atoms with E-state index in [0.717, 1.165) is 0 Å². The van der Waals surface area contributed by atoms with E-state index < -0.39 is 43.1 Å². The summed E-state index contributed by atoms with van der Waals surface area (Å²) in [4.78, 5) is 20.9. The van der Waals surface area contributed by atoms with Crippen LogP contribution in [0, 0.1) is 0 Å². The van der Waals surface area contributed by atoms with Crippen LogP contribution in [-0.4, -0.2) is 64.7 Å². The number of hydrogen-bond donors (Lipinski definition) is 4. The van der Waals surface area contributed by atoms with Crippen LogP contribution in [0.5, 0.6) is 0 Å². The van der Waals surface area contributed by atoms with Crippen LogP contribution in [0.2, 0.25) is 0 Å². The molecule has 0 saturated carbocycles. The zero-order valence-electron chi connectivity index (χ0n) is 8.87. The van der Waals surface area contributed by atoms with Crippen molar-refractivity contribution >= 4 is 12.3 Å². The molecule has 0 amide bonds.